The summed E-state index contributed by atoms with van der Waals surface area (Å²) in [5.74, 6) is -0.163. The van der Waals surface area contributed by atoms with Crippen molar-refractivity contribution in [3.63, 3.8) is 0 Å². The fraction of sp³-hybridized carbons (Fsp3) is 0.162. The number of aromatic hydroxyl groups is 1. The van der Waals surface area contributed by atoms with Crippen LogP contribution in [0.3, 0.4) is 0 Å². The Balaban J connectivity index is 1.53. The zero-order valence-corrected chi connectivity index (χ0v) is 29.3. The molecule has 49 heavy (non-hydrogen) atoms. The first-order chi connectivity index (χ1) is 23.6. The Morgan fingerprint density at radius 1 is 0.776 bits per heavy atom. The molecule has 0 spiro atoms. The van der Waals surface area contributed by atoms with E-state index in [1.807, 2.05) is 74.5 Å². The topological polar surface area (TPSA) is 144 Å². The molecule has 0 fully saturated rings. The highest BCUT2D eigenvalue weighted by Crippen LogP contribution is 2.35. The van der Waals surface area contributed by atoms with E-state index in [0.29, 0.717) is 42.2 Å². The SMILES string of the molecule is CCN(Cc1cccc(S(=O)[O-])c1)c1ccc(C(=C2C=CC(=[N+](CC)Cc3cccc(S(=O)O)c3)C=C2)c2ccc(O)cc2S(=O)[O-])cc1. The standard InChI is InChI=1S/C37H36N2O7S3/c1-3-38(24-26-7-5-9-33(21-26)47(41)42)30-15-11-28(12-16-30)37(35-20-19-32(40)23-36(35)49(45)46)29-13-17-31(18-14-29)39(4-2)25-27-8-6-10-34(22-27)48(43)44/h5-23H,3-4,24-25H2,1-2H3,(H3,41,42,43,44,45,46)/p-1. The highest BCUT2D eigenvalue weighted by Gasteiger charge is 2.19. The van der Waals surface area contributed by atoms with Gasteiger partial charge in [-0.25, -0.2) is 8.78 Å². The lowest BCUT2D eigenvalue weighted by molar-refractivity contribution is -0.539. The second kappa shape index (κ2) is 16.4. The summed E-state index contributed by atoms with van der Waals surface area (Å²) in [6.45, 7) is 6.38. The molecule has 4 aromatic carbocycles. The Morgan fingerprint density at radius 3 is 2.04 bits per heavy atom. The predicted octanol–water partition coefficient (Wildman–Crippen LogP) is 6.08. The van der Waals surface area contributed by atoms with Crippen molar-refractivity contribution in [1.82, 2.24) is 0 Å². The average Bonchev–Trinajstić information content (AvgIpc) is 3.11. The minimum Gasteiger partial charge on any atom is -0.768 e. The van der Waals surface area contributed by atoms with Crippen molar-refractivity contribution in [3.05, 3.63) is 143 Å². The smallest absolute Gasteiger partial charge is 0.200 e. The van der Waals surface area contributed by atoms with E-state index in [9.17, 15) is 31.4 Å². The molecular formula is C37H35N2O7S3-. The molecule has 0 heterocycles. The monoisotopic (exact) mass is 715 g/mol. The normalized spacial score (nSPS) is 14.4. The first kappa shape index (κ1) is 36.0. The van der Waals surface area contributed by atoms with E-state index in [2.05, 4.69) is 9.48 Å². The van der Waals surface area contributed by atoms with Gasteiger partial charge in [0.1, 0.15) is 12.3 Å². The van der Waals surface area contributed by atoms with E-state index in [0.717, 1.165) is 33.7 Å². The van der Waals surface area contributed by atoms with E-state index in [1.54, 1.807) is 42.5 Å². The first-order valence-electron chi connectivity index (χ1n) is 15.5. The van der Waals surface area contributed by atoms with Crippen LogP contribution in [0, 0.1) is 0 Å². The summed E-state index contributed by atoms with van der Waals surface area (Å²) in [6.07, 6.45) is 7.76. The van der Waals surface area contributed by atoms with Crippen LogP contribution in [0.2, 0.25) is 0 Å². The maximum atomic E-state index is 12.4. The van der Waals surface area contributed by atoms with Crippen molar-refractivity contribution < 1.29 is 36.0 Å². The summed E-state index contributed by atoms with van der Waals surface area (Å²) in [5, 5.41) is 10.1. The van der Waals surface area contributed by atoms with Crippen LogP contribution < -0.4 is 4.90 Å². The van der Waals surface area contributed by atoms with Crippen molar-refractivity contribution in [1.29, 1.82) is 0 Å². The summed E-state index contributed by atoms with van der Waals surface area (Å²) in [4.78, 5) is 2.63. The highest BCUT2D eigenvalue weighted by atomic mass is 32.2. The number of allylic oxidation sites excluding steroid dienone is 5. The molecule has 0 aromatic heterocycles. The molecule has 0 aliphatic heterocycles. The molecule has 12 heteroatoms. The molecule has 4 aromatic rings. The number of hydrogen-bond donors (Lipinski definition) is 2. The maximum Gasteiger partial charge on any atom is 0.200 e. The molecule has 0 saturated heterocycles. The van der Waals surface area contributed by atoms with Gasteiger partial charge >= 0.3 is 0 Å². The van der Waals surface area contributed by atoms with Crippen LogP contribution in [-0.2, 0) is 46.3 Å². The summed E-state index contributed by atoms with van der Waals surface area (Å²) >= 11 is -7.03. The van der Waals surface area contributed by atoms with E-state index < -0.39 is 33.2 Å². The van der Waals surface area contributed by atoms with Crippen LogP contribution in [0.4, 0.5) is 5.69 Å². The van der Waals surface area contributed by atoms with Crippen molar-refractivity contribution >= 4 is 50.2 Å². The van der Waals surface area contributed by atoms with Gasteiger partial charge in [-0.15, -0.1) is 0 Å². The molecule has 0 saturated carbocycles. The van der Waals surface area contributed by atoms with E-state index in [1.165, 1.54) is 12.1 Å². The van der Waals surface area contributed by atoms with Gasteiger partial charge in [-0.05, 0) is 131 Å². The second-order valence-corrected chi connectivity index (χ2v) is 14.0. The Kier molecular flexibility index (Phi) is 12.0. The third-order valence-corrected chi connectivity index (χ3v) is 10.2. The van der Waals surface area contributed by atoms with Crippen LogP contribution in [-0.4, -0.2) is 54.8 Å². The molecule has 3 atom stereocenters. The molecule has 1 aliphatic rings. The van der Waals surface area contributed by atoms with Gasteiger partial charge in [0.05, 0.1) is 4.90 Å². The summed E-state index contributed by atoms with van der Waals surface area (Å²) < 4.78 is 71.0. The molecule has 254 valence electrons. The number of nitrogens with zero attached hydrogens (tertiary/aromatic N) is 2. The second-order valence-electron chi connectivity index (χ2n) is 11.2. The van der Waals surface area contributed by atoms with Crippen LogP contribution >= 0.6 is 0 Å². The van der Waals surface area contributed by atoms with Crippen molar-refractivity contribution in [2.24, 2.45) is 0 Å². The van der Waals surface area contributed by atoms with Gasteiger partial charge in [0.2, 0.25) is 0 Å². The van der Waals surface area contributed by atoms with Gasteiger partial charge in [0, 0.05) is 46.3 Å². The van der Waals surface area contributed by atoms with Gasteiger partial charge in [-0.3, -0.25) is 8.42 Å². The van der Waals surface area contributed by atoms with Crippen molar-refractivity contribution in [2.75, 3.05) is 18.0 Å². The largest absolute Gasteiger partial charge is 0.768 e. The number of hydrogen-bond acceptors (Lipinski definition) is 7. The maximum absolute atomic E-state index is 12.4. The van der Waals surface area contributed by atoms with Crippen LogP contribution in [0.1, 0.15) is 36.1 Å². The van der Waals surface area contributed by atoms with Gasteiger partial charge in [-0.1, -0.05) is 36.4 Å². The number of benzene rings is 4. The minimum atomic E-state index is -2.63. The van der Waals surface area contributed by atoms with Crippen LogP contribution in [0.15, 0.2) is 136 Å². The fourth-order valence-corrected chi connectivity index (χ4v) is 7.17. The first-order valence-corrected chi connectivity index (χ1v) is 18.7. The number of rotatable bonds is 12. The number of phenolic OH excluding ortho intramolecular Hbond substituents is 1. The van der Waals surface area contributed by atoms with Gasteiger partial charge in [0.25, 0.3) is 0 Å². The minimum absolute atomic E-state index is 0.0367. The Hall–Kier alpha value is -4.30. The molecule has 5 rings (SSSR count). The zero-order chi connectivity index (χ0) is 35.1. The number of anilines is 1. The van der Waals surface area contributed by atoms with Gasteiger partial charge < -0.3 is 23.7 Å². The van der Waals surface area contributed by atoms with Crippen LogP contribution in [0.25, 0.3) is 5.57 Å². The molecular weight excluding hydrogens is 681 g/mol. The summed E-state index contributed by atoms with van der Waals surface area (Å²) in [5.41, 5.74) is 6.17. The molecule has 2 N–H and O–H groups in total. The Labute approximate surface area is 293 Å². The predicted molar refractivity (Wildman–Crippen MR) is 191 cm³/mol. The molecule has 3 unspecified atom stereocenters. The summed E-state index contributed by atoms with van der Waals surface area (Å²) in [7, 11) is 0. The van der Waals surface area contributed by atoms with Crippen molar-refractivity contribution in [3.8, 4) is 5.75 Å². The van der Waals surface area contributed by atoms with E-state index >= 15 is 0 Å². The zero-order valence-electron chi connectivity index (χ0n) is 26.9. The quantitative estimate of drug-likeness (QED) is 0.133. The van der Waals surface area contributed by atoms with Gasteiger partial charge in [-0.2, -0.15) is 0 Å². The molecule has 0 radical (unpaired) electrons. The summed E-state index contributed by atoms with van der Waals surface area (Å²) in [6, 6.07) is 25.8. The van der Waals surface area contributed by atoms with Crippen molar-refractivity contribution in [2.45, 2.75) is 41.6 Å². The van der Waals surface area contributed by atoms with E-state index in [-0.39, 0.29) is 15.5 Å². The fourth-order valence-electron chi connectivity index (χ4n) is 5.72. The van der Waals surface area contributed by atoms with Crippen LogP contribution in [0.5, 0.6) is 5.75 Å². The highest BCUT2D eigenvalue weighted by molar-refractivity contribution is 7.79. The molecule has 0 amide bonds. The Bertz CT molecular complexity index is 2040. The lowest BCUT2D eigenvalue weighted by atomic mass is 9.90. The van der Waals surface area contributed by atoms with Gasteiger partial charge in [0.15, 0.2) is 23.3 Å². The lowest BCUT2D eigenvalue weighted by Crippen LogP contribution is -2.22. The average molecular weight is 716 g/mol. The third-order valence-electron chi connectivity index (χ3n) is 8.16. The molecule has 9 nitrogen and oxygen atoms in total. The third kappa shape index (κ3) is 8.84. The Morgan fingerprint density at radius 2 is 1.43 bits per heavy atom. The molecule has 0 bridgehead atoms. The number of phenols is 1. The van der Waals surface area contributed by atoms with E-state index in [4.69, 9.17) is 0 Å². The molecule has 1 aliphatic carbocycles. The lowest BCUT2D eigenvalue weighted by Gasteiger charge is -2.24.